The lowest BCUT2D eigenvalue weighted by Gasteiger charge is -2.18. The van der Waals surface area contributed by atoms with E-state index in [1.807, 2.05) is 30.3 Å². The van der Waals surface area contributed by atoms with Crippen LogP contribution in [0.1, 0.15) is 0 Å². The van der Waals surface area contributed by atoms with Gasteiger partial charge in [0.2, 0.25) is 11.2 Å². The lowest BCUT2D eigenvalue weighted by molar-refractivity contribution is 0.483. The highest BCUT2D eigenvalue weighted by atomic mass is 35.5. The van der Waals surface area contributed by atoms with Gasteiger partial charge in [0.15, 0.2) is 5.82 Å². The van der Waals surface area contributed by atoms with E-state index in [0.29, 0.717) is 17.5 Å². The Bertz CT molecular complexity index is 996. The van der Waals surface area contributed by atoms with E-state index in [2.05, 4.69) is 15.0 Å². The highest BCUT2D eigenvalue weighted by Gasteiger charge is 2.14. The van der Waals surface area contributed by atoms with Crippen molar-refractivity contribution in [3.8, 4) is 11.4 Å². The van der Waals surface area contributed by atoms with Crippen LogP contribution in [0.4, 0.5) is 11.6 Å². The minimum absolute atomic E-state index is 0.0465. The maximum Gasteiger partial charge on any atom is 0.294 e. The van der Waals surface area contributed by atoms with Gasteiger partial charge in [0.05, 0.1) is 4.90 Å². The second kappa shape index (κ2) is 6.75. The smallest absolute Gasteiger partial charge is 0.294 e. The minimum atomic E-state index is -4.24. The first-order valence-electron chi connectivity index (χ1n) is 7.13. The fraction of sp³-hybridized carbons (Fsp3) is 0.0625. The lowest BCUT2D eigenvalue weighted by Crippen LogP contribution is -2.14. The molecule has 1 aromatic heterocycles. The van der Waals surface area contributed by atoms with Crippen molar-refractivity contribution in [2.24, 2.45) is 0 Å². The third-order valence-corrected chi connectivity index (χ3v) is 4.49. The summed E-state index contributed by atoms with van der Waals surface area (Å²) in [4.78, 5) is 14.1. The number of rotatable bonds is 4. The third kappa shape index (κ3) is 3.93. The number of halogens is 1. The highest BCUT2D eigenvalue weighted by molar-refractivity contribution is 7.85. The summed E-state index contributed by atoms with van der Waals surface area (Å²) in [5, 5.41) is 0.0465. The Morgan fingerprint density at radius 1 is 0.960 bits per heavy atom. The van der Waals surface area contributed by atoms with Gasteiger partial charge in [-0.15, -0.1) is 0 Å². The molecule has 0 unspecified atom stereocenters. The van der Waals surface area contributed by atoms with Crippen LogP contribution < -0.4 is 4.90 Å². The molecule has 0 aliphatic rings. The van der Waals surface area contributed by atoms with Gasteiger partial charge in [-0.05, 0) is 35.9 Å². The number of hydrogen-bond acceptors (Lipinski definition) is 6. The topological polar surface area (TPSA) is 96.3 Å². The van der Waals surface area contributed by atoms with E-state index < -0.39 is 10.1 Å². The predicted octanol–water partition coefficient (Wildman–Crippen LogP) is 3.21. The van der Waals surface area contributed by atoms with Crippen LogP contribution in [0.2, 0.25) is 5.28 Å². The van der Waals surface area contributed by atoms with Gasteiger partial charge in [-0.1, -0.05) is 30.3 Å². The molecule has 0 spiro atoms. The second-order valence-corrected chi connectivity index (χ2v) is 6.88. The van der Waals surface area contributed by atoms with Crippen molar-refractivity contribution in [3.05, 3.63) is 59.9 Å². The fourth-order valence-electron chi connectivity index (χ4n) is 2.16. The minimum Gasteiger partial charge on any atom is -0.313 e. The Morgan fingerprint density at radius 3 is 2.20 bits per heavy atom. The van der Waals surface area contributed by atoms with Crippen molar-refractivity contribution in [1.82, 2.24) is 15.0 Å². The summed E-state index contributed by atoms with van der Waals surface area (Å²) in [7, 11) is -2.53. The zero-order valence-electron chi connectivity index (χ0n) is 13.0. The Hall–Kier alpha value is -2.55. The molecule has 9 heteroatoms. The van der Waals surface area contributed by atoms with Crippen LogP contribution in [0.15, 0.2) is 59.5 Å². The molecular weight excluding hydrogens is 364 g/mol. The molecule has 0 aliphatic heterocycles. The Morgan fingerprint density at radius 2 is 1.60 bits per heavy atom. The number of hydrogen-bond donors (Lipinski definition) is 1. The predicted molar refractivity (Wildman–Crippen MR) is 94.6 cm³/mol. The quantitative estimate of drug-likeness (QED) is 0.698. The van der Waals surface area contributed by atoms with Gasteiger partial charge >= 0.3 is 0 Å². The average Bonchev–Trinajstić information content (AvgIpc) is 2.61. The van der Waals surface area contributed by atoms with E-state index in [9.17, 15) is 8.42 Å². The van der Waals surface area contributed by atoms with Gasteiger partial charge in [-0.25, -0.2) is 0 Å². The molecule has 128 valence electrons. The Kier molecular flexibility index (Phi) is 4.67. The van der Waals surface area contributed by atoms with E-state index in [1.165, 1.54) is 24.3 Å². The molecule has 3 rings (SSSR count). The van der Waals surface area contributed by atoms with Gasteiger partial charge < -0.3 is 4.90 Å². The first-order chi connectivity index (χ1) is 11.8. The number of nitrogens with zero attached hydrogens (tertiary/aromatic N) is 4. The van der Waals surface area contributed by atoms with Crippen molar-refractivity contribution in [2.45, 2.75) is 4.90 Å². The summed E-state index contributed by atoms with van der Waals surface area (Å²) in [6.07, 6.45) is 0. The van der Waals surface area contributed by atoms with Gasteiger partial charge in [-0.3, -0.25) is 4.55 Å². The first kappa shape index (κ1) is 17.3. The van der Waals surface area contributed by atoms with Crippen LogP contribution in [-0.4, -0.2) is 35.0 Å². The second-order valence-electron chi connectivity index (χ2n) is 5.12. The van der Waals surface area contributed by atoms with Crippen molar-refractivity contribution in [1.29, 1.82) is 0 Å². The van der Waals surface area contributed by atoms with Crippen molar-refractivity contribution in [3.63, 3.8) is 0 Å². The summed E-state index contributed by atoms with van der Waals surface area (Å²) in [5.41, 5.74) is 1.41. The van der Waals surface area contributed by atoms with Crippen LogP contribution in [0.3, 0.4) is 0 Å². The normalized spacial score (nSPS) is 11.3. The molecule has 7 nitrogen and oxygen atoms in total. The van der Waals surface area contributed by atoms with Crippen LogP contribution in [0.25, 0.3) is 11.4 Å². The van der Waals surface area contributed by atoms with Crippen molar-refractivity contribution < 1.29 is 13.0 Å². The van der Waals surface area contributed by atoms with E-state index in [0.717, 1.165) is 5.56 Å². The van der Waals surface area contributed by atoms with Gasteiger partial charge in [-0.2, -0.15) is 23.4 Å². The zero-order chi connectivity index (χ0) is 18.0. The van der Waals surface area contributed by atoms with Crippen LogP contribution in [-0.2, 0) is 10.1 Å². The maximum absolute atomic E-state index is 11.1. The summed E-state index contributed by atoms with van der Waals surface area (Å²) in [5.74, 6) is 0.732. The molecule has 0 atom stereocenters. The van der Waals surface area contributed by atoms with Crippen LogP contribution in [0, 0.1) is 0 Å². The molecule has 0 fully saturated rings. The lowest BCUT2D eigenvalue weighted by atomic mass is 10.2. The number of aromatic nitrogens is 3. The Labute approximate surface area is 149 Å². The molecule has 0 saturated carbocycles. The SMILES string of the molecule is CN(c1ccc(S(=O)(=O)O)cc1)c1nc(Cl)nc(-c2ccccc2)n1. The first-order valence-corrected chi connectivity index (χ1v) is 8.95. The highest BCUT2D eigenvalue weighted by Crippen LogP contribution is 2.25. The third-order valence-electron chi connectivity index (χ3n) is 3.45. The number of benzene rings is 2. The molecule has 3 aromatic rings. The van der Waals surface area contributed by atoms with E-state index in [-0.39, 0.29) is 10.2 Å². The maximum atomic E-state index is 11.1. The monoisotopic (exact) mass is 376 g/mol. The molecule has 0 radical (unpaired) electrons. The number of anilines is 2. The molecule has 0 saturated heterocycles. The largest absolute Gasteiger partial charge is 0.313 e. The molecule has 1 heterocycles. The standard InChI is InChI=1S/C16H13ClN4O3S/c1-21(12-7-9-13(10-8-12)25(22,23)24)16-19-14(18-15(17)20-16)11-5-3-2-4-6-11/h2-10H,1H3,(H,22,23,24). The zero-order valence-corrected chi connectivity index (χ0v) is 14.6. The van der Waals surface area contributed by atoms with Crippen LogP contribution in [0.5, 0.6) is 0 Å². The summed E-state index contributed by atoms with van der Waals surface area (Å²) in [6, 6.07) is 15.0. The molecule has 25 heavy (non-hydrogen) atoms. The summed E-state index contributed by atoms with van der Waals surface area (Å²) < 4.78 is 31.3. The molecule has 2 aromatic carbocycles. The van der Waals surface area contributed by atoms with Crippen molar-refractivity contribution in [2.75, 3.05) is 11.9 Å². The fourth-order valence-corrected chi connectivity index (χ4v) is 2.80. The molecular formula is C16H13ClN4O3S. The van der Waals surface area contributed by atoms with E-state index in [1.54, 1.807) is 11.9 Å². The molecule has 1 N–H and O–H groups in total. The van der Waals surface area contributed by atoms with Crippen molar-refractivity contribution >= 4 is 33.4 Å². The Balaban J connectivity index is 1.97. The molecule has 0 bridgehead atoms. The van der Waals surface area contributed by atoms with E-state index >= 15 is 0 Å². The molecule has 0 amide bonds. The van der Waals surface area contributed by atoms with Crippen LogP contribution >= 0.6 is 11.6 Å². The van der Waals surface area contributed by atoms with Gasteiger partial charge in [0, 0.05) is 18.3 Å². The summed E-state index contributed by atoms with van der Waals surface area (Å²) in [6.45, 7) is 0. The van der Waals surface area contributed by atoms with Gasteiger partial charge in [0.1, 0.15) is 0 Å². The summed E-state index contributed by atoms with van der Waals surface area (Å²) >= 11 is 6.02. The van der Waals surface area contributed by atoms with Gasteiger partial charge in [0.25, 0.3) is 10.1 Å². The average molecular weight is 377 g/mol. The molecule has 0 aliphatic carbocycles. The van der Waals surface area contributed by atoms with E-state index in [4.69, 9.17) is 16.2 Å².